The molecular formula is C32H38O3. The highest BCUT2D eigenvalue weighted by Crippen LogP contribution is 2.46. The molecule has 3 aromatic rings. The van der Waals surface area contributed by atoms with Gasteiger partial charge in [0, 0.05) is 5.56 Å². The minimum atomic E-state index is -0.955. The standard InChI is InChI=1S/C32H38O3/c1-30(2,3)23-14-12-22(13-15-23)28-24(29(33)34)9-8-10-27(28)35-20-21-11-16-25-26(19-21)32(6,7)18-17-31(25,4)5/h8-16,19H,17-18,20H2,1-7H3,(H,33,34). The number of rotatable bonds is 5. The zero-order chi connectivity index (χ0) is 25.6. The average molecular weight is 471 g/mol. The summed E-state index contributed by atoms with van der Waals surface area (Å²) in [6, 6.07) is 20.1. The lowest BCUT2D eigenvalue weighted by Gasteiger charge is -2.42. The quantitative estimate of drug-likeness (QED) is 0.408. The molecule has 1 N–H and O–H groups in total. The van der Waals surface area contributed by atoms with Gasteiger partial charge in [-0.1, -0.05) is 97.0 Å². The predicted octanol–water partition coefficient (Wildman–Crippen LogP) is 8.28. The van der Waals surface area contributed by atoms with Gasteiger partial charge in [-0.15, -0.1) is 0 Å². The normalized spacial score (nSPS) is 16.4. The first kappa shape index (κ1) is 25.0. The zero-order valence-electron chi connectivity index (χ0n) is 22.2. The Labute approximate surface area is 210 Å². The number of carbonyl (C=O) groups is 1. The Balaban J connectivity index is 1.68. The highest BCUT2D eigenvalue weighted by Gasteiger charge is 2.37. The largest absolute Gasteiger partial charge is 0.488 e. The van der Waals surface area contributed by atoms with Crippen LogP contribution in [0.2, 0.25) is 0 Å². The molecule has 3 heteroatoms. The van der Waals surface area contributed by atoms with E-state index in [4.69, 9.17) is 4.74 Å². The van der Waals surface area contributed by atoms with Crippen LogP contribution in [0, 0.1) is 0 Å². The molecule has 35 heavy (non-hydrogen) atoms. The molecular weight excluding hydrogens is 432 g/mol. The number of hydrogen-bond donors (Lipinski definition) is 1. The van der Waals surface area contributed by atoms with Crippen molar-refractivity contribution in [3.8, 4) is 16.9 Å². The van der Waals surface area contributed by atoms with Gasteiger partial charge in [-0.3, -0.25) is 0 Å². The Morgan fingerprint density at radius 2 is 1.51 bits per heavy atom. The maximum absolute atomic E-state index is 12.1. The lowest BCUT2D eigenvalue weighted by atomic mass is 9.63. The molecule has 3 nitrogen and oxygen atoms in total. The SMILES string of the molecule is CC(C)(C)c1ccc(-c2c(OCc3ccc4c(c3)C(C)(C)CCC4(C)C)cccc2C(=O)O)cc1. The lowest BCUT2D eigenvalue weighted by molar-refractivity contribution is 0.0697. The van der Waals surface area contributed by atoms with Crippen LogP contribution in [0.3, 0.4) is 0 Å². The average Bonchev–Trinajstić information content (AvgIpc) is 2.80. The maximum Gasteiger partial charge on any atom is 0.336 e. The molecule has 1 aliphatic carbocycles. The predicted molar refractivity (Wildman–Crippen MR) is 144 cm³/mol. The van der Waals surface area contributed by atoms with Crippen LogP contribution in [0.4, 0.5) is 0 Å². The molecule has 0 fully saturated rings. The summed E-state index contributed by atoms with van der Waals surface area (Å²) in [7, 11) is 0. The molecule has 0 aliphatic heterocycles. The maximum atomic E-state index is 12.1. The fourth-order valence-corrected chi connectivity index (χ4v) is 5.15. The van der Waals surface area contributed by atoms with E-state index in [0.29, 0.717) is 17.9 Å². The number of carboxylic acid groups (broad SMARTS) is 1. The van der Waals surface area contributed by atoms with Gasteiger partial charge in [-0.25, -0.2) is 4.79 Å². The van der Waals surface area contributed by atoms with E-state index in [9.17, 15) is 9.90 Å². The molecule has 0 heterocycles. The van der Waals surface area contributed by atoms with Gasteiger partial charge in [0.1, 0.15) is 12.4 Å². The number of carboxylic acids is 1. The van der Waals surface area contributed by atoms with Gasteiger partial charge in [-0.2, -0.15) is 0 Å². The van der Waals surface area contributed by atoms with Crippen LogP contribution in [-0.2, 0) is 22.9 Å². The minimum Gasteiger partial charge on any atom is -0.488 e. The number of ether oxygens (including phenoxy) is 1. The smallest absolute Gasteiger partial charge is 0.336 e. The molecule has 0 spiro atoms. The summed E-state index contributed by atoms with van der Waals surface area (Å²) in [4.78, 5) is 12.1. The molecule has 0 bridgehead atoms. The van der Waals surface area contributed by atoms with Crippen molar-refractivity contribution >= 4 is 5.97 Å². The highest BCUT2D eigenvalue weighted by molar-refractivity contribution is 5.98. The minimum absolute atomic E-state index is 0.0268. The van der Waals surface area contributed by atoms with E-state index < -0.39 is 5.97 Å². The van der Waals surface area contributed by atoms with Crippen LogP contribution >= 0.6 is 0 Å². The molecule has 184 valence electrons. The Kier molecular flexibility index (Phi) is 6.34. The van der Waals surface area contributed by atoms with Crippen molar-refractivity contribution in [2.75, 3.05) is 0 Å². The number of fused-ring (bicyclic) bond motifs is 1. The fourth-order valence-electron chi connectivity index (χ4n) is 5.15. The summed E-state index contributed by atoms with van der Waals surface area (Å²) >= 11 is 0. The molecule has 0 saturated carbocycles. The fraction of sp³-hybridized carbons (Fsp3) is 0.406. The molecule has 0 aromatic heterocycles. The van der Waals surface area contributed by atoms with E-state index in [1.807, 2.05) is 18.2 Å². The second-order valence-electron chi connectivity index (χ2n) is 12.2. The van der Waals surface area contributed by atoms with Crippen LogP contribution in [0.1, 0.15) is 93.9 Å². The topological polar surface area (TPSA) is 46.5 Å². The van der Waals surface area contributed by atoms with E-state index in [0.717, 1.165) is 17.5 Å². The van der Waals surface area contributed by atoms with Crippen LogP contribution in [0.5, 0.6) is 5.75 Å². The Morgan fingerprint density at radius 3 is 2.11 bits per heavy atom. The summed E-state index contributed by atoms with van der Waals surface area (Å²) in [5, 5.41) is 9.90. The third kappa shape index (κ3) is 5.00. The first-order valence-electron chi connectivity index (χ1n) is 12.5. The van der Waals surface area contributed by atoms with E-state index in [-0.39, 0.29) is 21.8 Å². The van der Waals surface area contributed by atoms with Gasteiger partial charge in [0.25, 0.3) is 0 Å². The van der Waals surface area contributed by atoms with Crippen molar-refractivity contribution in [3.63, 3.8) is 0 Å². The number of benzene rings is 3. The summed E-state index contributed by atoms with van der Waals surface area (Å²) in [6.07, 6.45) is 2.34. The molecule has 1 aliphatic rings. The molecule has 0 saturated heterocycles. The van der Waals surface area contributed by atoms with Crippen LogP contribution in [0.15, 0.2) is 60.7 Å². The molecule has 0 unspecified atom stereocenters. The van der Waals surface area contributed by atoms with E-state index in [1.165, 1.54) is 23.1 Å². The number of aromatic carboxylic acids is 1. The van der Waals surface area contributed by atoms with Crippen molar-refractivity contribution in [1.29, 1.82) is 0 Å². The zero-order valence-corrected chi connectivity index (χ0v) is 22.2. The van der Waals surface area contributed by atoms with Crippen LogP contribution in [0.25, 0.3) is 11.1 Å². The van der Waals surface area contributed by atoms with Crippen molar-refractivity contribution < 1.29 is 14.6 Å². The van der Waals surface area contributed by atoms with Gasteiger partial charge < -0.3 is 9.84 Å². The summed E-state index contributed by atoms with van der Waals surface area (Å²) in [5.41, 5.74) is 7.17. The van der Waals surface area contributed by atoms with Crippen molar-refractivity contribution in [3.05, 3.63) is 88.5 Å². The second kappa shape index (κ2) is 8.86. The molecule has 3 aromatic carbocycles. The first-order valence-corrected chi connectivity index (χ1v) is 12.5. The molecule has 0 amide bonds. The summed E-state index contributed by atoms with van der Waals surface area (Å²) < 4.78 is 6.31. The van der Waals surface area contributed by atoms with Gasteiger partial charge in [0.05, 0.1) is 5.56 Å². The van der Waals surface area contributed by atoms with Crippen molar-refractivity contribution in [1.82, 2.24) is 0 Å². The Morgan fingerprint density at radius 1 is 0.886 bits per heavy atom. The number of hydrogen-bond acceptors (Lipinski definition) is 2. The van der Waals surface area contributed by atoms with E-state index in [2.05, 4.69) is 78.8 Å². The summed E-state index contributed by atoms with van der Waals surface area (Å²) in [5.74, 6) is -0.367. The third-order valence-corrected chi connectivity index (χ3v) is 7.61. The van der Waals surface area contributed by atoms with Crippen molar-refractivity contribution in [2.24, 2.45) is 0 Å². The van der Waals surface area contributed by atoms with Crippen LogP contribution < -0.4 is 4.74 Å². The van der Waals surface area contributed by atoms with Crippen molar-refractivity contribution in [2.45, 2.75) is 84.2 Å². The lowest BCUT2D eigenvalue weighted by Crippen LogP contribution is -2.33. The van der Waals surface area contributed by atoms with Crippen LogP contribution in [-0.4, -0.2) is 11.1 Å². The van der Waals surface area contributed by atoms with E-state index >= 15 is 0 Å². The van der Waals surface area contributed by atoms with Gasteiger partial charge >= 0.3 is 5.97 Å². The molecule has 0 atom stereocenters. The molecule has 0 radical (unpaired) electrons. The molecule has 4 rings (SSSR count). The third-order valence-electron chi connectivity index (χ3n) is 7.61. The summed E-state index contributed by atoms with van der Waals surface area (Å²) in [6.45, 7) is 16.2. The Hall–Kier alpha value is -3.07. The Bertz CT molecular complexity index is 1240. The van der Waals surface area contributed by atoms with Gasteiger partial charge in [0.2, 0.25) is 0 Å². The van der Waals surface area contributed by atoms with Gasteiger partial charge in [0.15, 0.2) is 0 Å². The first-order chi connectivity index (χ1) is 16.3. The highest BCUT2D eigenvalue weighted by atomic mass is 16.5. The van der Waals surface area contributed by atoms with E-state index in [1.54, 1.807) is 12.1 Å². The van der Waals surface area contributed by atoms with Gasteiger partial charge in [-0.05, 0) is 69.0 Å². The second-order valence-corrected chi connectivity index (χ2v) is 12.2. The monoisotopic (exact) mass is 470 g/mol.